The molecule has 0 unspecified atom stereocenters. The quantitative estimate of drug-likeness (QED) is 0.839. The third-order valence-corrected chi connectivity index (χ3v) is 4.71. The molecule has 122 valence electrons. The number of hydrogen-bond donors (Lipinski definition) is 1. The van der Waals surface area contributed by atoms with Crippen LogP contribution in [0.1, 0.15) is 16.7 Å². The van der Waals surface area contributed by atoms with Gasteiger partial charge in [-0.15, -0.1) is 0 Å². The Kier molecular flexibility index (Phi) is 4.71. The highest BCUT2D eigenvalue weighted by Crippen LogP contribution is 2.32. The highest BCUT2D eigenvalue weighted by atomic mass is 32.2. The molecule has 4 nitrogen and oxygen atoms in total. The fraction of sp³-hybridized carbons (Fsp3) is 0.158. The molecular formula is C19H18N2O2S. The van der Waals surface area contributed by atoms with Gasteiger partial charge >= 0.3 is 0 Å². The van der Waals surface area contributed by atoms with Crippen molar-refractivity contribution in [3.63, 3.8) is 0 Å². The van der Waals surface area contributed by atoms with Crippen LogP contribution >= 0.6 is 11.8 Å². The predicted molar refractivity (Wildman–Crippen MR) is 98.7 cm³/mol. The van der Waals surface area contributed by atoms with Crippen LogP contribution in [-0.4, -0.2) is 22.7 Å². The number of carbonyl (C=O) groups excluding carboxylic acids is 2. The number of nitrogens with one attached hydrogen (secondary N) is 1. The number of para-hydroxylation sites is 1. The van der Waals surface area contributed by atoms with E-state index in [0.717, 1.165) is 28.6 Å². The molecule has 0 aliphatic carbocycles. The third-order valence-electron chi connectivity index (χ3n) is 3.80. The first-order valence-electron chi connectivity index (χ1n) is 7.66. The minimum Gasteiger partial charge on any atom is -0.367 e. The van der Waals surface area contributed by atoms with Gasteiger partial charge in [-0.3, -0.25) is 14.5 Å². The van der Waals surface area contributed by atoms with E-state index in [9.17, 15) is 9.59 Å². The molecule has 0 saturated carbocycles. The van der Waals surface area contributed by atoms with Crippen LogP contribution in [0.4, 0.5) is 10.5 Å². The summed E-state index contributed by atoms with van der Waals surface area (Å²) in [5, 5.41) is 2.84. The zero-order chi connectivity index (χ0) is 17.1. The SMILES string of the molecule is Cc1ccc(/C=C2\SC(=O)N(CNc3ccccc3)C2=O)c(C)c1. The van der Waals surface area contributed by atoms with Gasteiger partial charge in [0.2, 0.25) is 0 Å². The molecule has 0 radical (unpaired) electrons. The van der Waals surface area contributed by atoms with Crippen molar-refractivity contribution in [2.45, 2.75) is 13.8 Å². The number of imide groups is 1. The van der Waals surface area contributed by atoms with Gasteiger partial charge < -0.3 is 5.32 Å². The Morgan fingerprint density at radius 1 is 1.08 bits per heavy atom. The van der Waals surface area contributed by atoms with Gasteiger partial charge in [-0.2, -0.15) is 0 Å². The van der Waals surface area contributed by atoms with E-state index in [1.807, 2.05) is 56.3 Å². The van der Waals surface area contributed by atoms with Crippen molar-refractivity contribution in [1.82, 2.24) is 4.90 Å². The predicted octanol–water partition coefficient (Wildman–Crippen LogP) is 4.41. The van der Waals surface area contributed by atoms with E-state index in [-0.39, 0.29) is 17.8 Å². The van der Waals surface area contributed by atoms with Crippen LogP contribution in [0, 0.1) is 13.8 Å². The van der Waals surface area contributed by atoms with Gasteiger partial charge in [0.05, 0.1) is 11.6 Å². The summed E-state index contributed by atoms with van der Waals surface area (Å²) >= 11 is 0.983. The maximum absolute atomic E-state index is 12.5. The number of thioether (sulfide) groups is 1. The summed E-state index contributed by atoms with van der Waals surface area (Å²) in [5.74, 6) is -0.256. The third kappa shape index (κ3) is 3.51. The molecule has 2 amide bonds. The van der Waals surface area contributed by atoms with Crippen molar-refractivity contribution in [3.8, 4) is 0 Å². The minimum absolute atomic E-state index is 0.166. The van der Waals surface area contributed by atoms with Crippen molar-refractivity contribution in [1.29, 1.82) is 0 Å². The molecule has 24 heavy (non-hydrogen) atoms. The molecule has 0 aromatic heterocycles. The second-order valence-corrected chi connectivity index (χ2v) is 6.66. The maximum Gasteiger partial charge on any atom is 0.295 e. The van der Waals surface area contributed by atoms with Crippen LogP contribution in [0.25, 0.3) is 6.08 Å². The molecule has 2 aromatic carbocycles. The zero-order valence-corrected chi connectivity index (χ0v) is 14.4. The lowest BCUT2D eigenvalue weighted by atomic mass is 10.1. The van der Waals surface area contributed by atoms with Crippen LogP contribution in [0.3, 0.4) is 0 Å². The van der Waals surface area contributed by atoms with Crippen molar-refractivity contribution >= 4 is 34.7 Å². The fourth-order valence-corrected chi connectivity index (χ4v) is 3.32. The molecular weight excluding hydrogens is 320 g/mol. The Labute approximate surface area is 145 Å². The first-order valence-corrected chi connectivity index (χ1v) is 8.48. The van der Waals surface area contributed by atoms with Crippen LogP contribution in [0.5, 0.6) is 0 Å². The highest BCUT2D eigenvalue weighted by molar-refractivity contribution is 8.18. The minimum atomic E-state index is -0.256. The normalized spacial score (nSPS) is 16.1. The van der Waals surface area contributed by atoms with Gasteiger partial charge in [-0.05, 0) is 54.9 Å². The van der Waals surface area contributed by atoms with Crippen molar-refractivity contribution in [2.24, 2.45) is 0 Å². The Hall–Kier alpha value is -2.53. The molecule has 1 fully saturated rings. The van der Waals surface area contributed by atoms with Crippen molar-refractivity contribution in [3.05, 3.63) is 70.1 Å². The Balaban J connectivity index is 1.75. The second kappa shape index (κ2) is 6.93. The maximum atomic E-state index is 12.5. The highest BCUT2D eigenvalue weighted by Gasteiger charge is 2.34. The average Bonchev–Trinajstić information content (AvgIpc) is 2.83. The molecule has 3 rings (SSSR count). The van der Waals surface area contributed by atoms with Gasteiger partial charge in [-0.25, -0.2) is 0 Å². The van der Waals surface area contributed by atoms with Crippen LogP contribution in [0.2, 0.25) is 0 Å². The summed E-state index contributed by atoms with van der Waals surface area (Å²) in [6, 6.07) is 15.5. The second-order valence-electron chi connectivity index (χ2n) is 5.67. The number of aryl methyl sites for hydroxylation is 2. The summed E-state index contributed by atoms with van der Waals surface area (Å²) in [5.41, 5.74) is 4.09. The van der Waals surface area contributed by atoms with E-state index in [1.165, 1.54) is 10.5 Å². The van der Waals surface area contributed by atoms with E-state index in [4.69, 9.17) is 0 Å². The molecule has 1 aliphatic rings. The van der Waals surface area contributed by atoms with E-state index < -0.39 is 0 Å². The van der Waals surface area contributed by atoms with Crippen molar-refractivity contribution in [2.75, 3.05) is 12.0 Å². The monoisotopic (exact) mass is 338 g/mol. The van der Waals surface area contributed by atoms with Crippen LogP contribution in [-0.2, 0) is 4.79 Å². The fourth-order valence-electron chi connectivity index (χ4n) is 2.49. The van der Waals surface area contributed by atoms with Crippen molar-refractivity contribution < 1.29 is 9.59 Å². The first-order chi connectivity index (χ1) is 11.5. The lowest BCUT2D eigenvalue weighted by molar-refractivity contribution is -0.122. The molecule has 0 spiro atoms. The standard InChI is InChI=1S/C19H18N2O2S/c1-13-8-9-15(14(2)10-13)11-17-18(22)21(19(23)24-17)12-20-16-6-4-3-5-7-16/h3-11,20H,12H2,1-2H3/b17-11-. The van der Waals surface area contributed by atoms with Gasteiger partial charge in [-0.1, -0.05) is 42.0 Å². The molecule has 1 aliphatic heterocycles. The zero-order valence-electron chi connectivity index (χ0n) is 13.6. The Morgan fingerprint density at radius 2 is 1.83 bits per heavy atom. The number of hydrogen-bond acceptors (Lipinski definition) is 4. The van der Waals surface area contributed by atoms with Crippen LogP contribution in [0.15, 0.2) is 53.4 Å². The molecule has 0 bridgehead atoms. The largest absolute Gasteiger partial charge is 0.367 e. The smallest absolute Gasteiger partial charge is 0.295 e. The number of anilines is 1. The summed E-state index contributed by atoms with van der Waals surface area (Å²) in [7, 11) is 0. The first kappa shape index (κ1) is 16.3. The molecule has 5 heteroatoms. The van der Waals surface area contributed by atoms with E-state index in [1.54, 1.807) is 6.08 Å². The molecule has 1 saturated heterocycles. The van der Waals surface area contributed by atoms with Gasteiger partial charge in [0.1, 0.15) is 0 Å². The number of carbonyl (C=O) groups is 2. The van der Waals surface area contributed by atoms with Gasteiger partial charge in [0, 0.05) is 5.69 Å². The Bertz CT molecular complexity index is 815. The van der Waals surface area contributed by atoms with E-state index in [2.05, 4.69) is 11.4 Å². The molecule has 1 heterocycles. The number of amides is 2. The number of nitrogens with zero attached hydrogens (tertiary/aromatic N) is 1. The van der Waals surface area contributed by atoms with Gasteiger partial charge in [0.15, 0.2) is 0 Å². The summed E-state index contributed by atoms with van der Waals surface area (Å²) in [6.45, 7) is 4.19. The van der Waals surface area contributed by atoms with Gasteiger partial charge in [0.25, 0.3) is 11.1 Å². The van der Waals surface area contributed by atoms with E-state index >= 15 is 0 Å². The Morgan fingerprint density at radius 3 is 2.54 bits per heavy atom. The average molecular weight is 338 g/mol. The summed E-state index contributed by atoms with van der Waals surface area (Å²) < 4.78 is 0. The topological polar surface area (TPSA) is 49.4 Å². The summed E-state index contributed by atoms with van der Waals surface area (Å²) in [6.07, 6.45) is 1.79. The molecule has 2 aromatic rings. The number of benzene rings is 2. The lowest BCUT2D eigenvalue weighted by Crippen LogP contribution is -2.33. The molecule has 1 N–H and O–H groups in total. The molecule has 0 atom stereocenters. The lowest BCUT2D eigenvalue weighted by Gasteiger charge is -2.14. The number of rotatable bonds is 4. The van der Waals surface area contributed by atoms with Crippen LogP contribution < -0.4 is 5.32 Å². The summed E-state index contributed by atoms with van der Waals surface area (Å²) in [4.78, 5) is 26.3. The van der Waals surface area contributed by atoms with E-state index in [0.29, 0.717) is 4.91 Å².